The normalized spacial score (nSPS) is 17.5. The zero-order valence-electron chi connectivity index (χ0n) is 27.4. The van der Waals surface area contributed by atoms with Gasteiger partial charge in [0.2, 0.25) is 11.4 Å². The van der Waals surface area contributed by atoms with Crippen LogP contribution in [0, 0.1) is 5.92 Å². The Morgan fingerprint density at radius 1 is 0.844 bits per heavy atom. The molecule has 0 aliphatic carbocycles. The van der Waals surface area contributed by atoms with Gasteiger partial charge in [-0.2, -0.15) is 9.13 Å². The topological polar surface area (TPSA) is 20.6 Å². The monoisotopic (exact) mass is 607 g/mol. The maximum Gasteiger partial charge on any atom is 0.219 e. The first kappa shape index (κ1) is 29.6. The summed E-state index contributed by atoms with van der Waals surface area (Å²) in [6, 6.07) is 31.5. The van der Waals surface area contributed by atoms with E-state index in [9.17, 15) is 0 Å². The number of hydrogen-bond donors (Lipinski definition) is 0. The van der Waals surface area contributed by atoms with E-state index in [0.717, 1.165) is 42.8 Å². The van der Waals surface area contributed by atoms with Crippen molar-refractivity contribution in [1.29, 1.82) is 0 Å². The molecule has 3 aromatic heterocycles. The number of aryl methyl sites for hydroxylation is 1. The Kier molecular flexibility index (Phi) is 7.65. The average molecular weight is 608 g/mol. The molecule has 45 heavy (non-hydrogen) atoms. The van der Waals surface area contributed by atoms with E-state index in [1.54, 1.807) is 5.19 Å². The van der Waals surface area contributed by atoms with E-state index >= 15 is 0 Å². The van der Waals surface area contributed by atoms with Gasteiger partial charge in [-0.15, -0.1) is 0 Å². The summed E-state index contributed by atoms with van der Waals surface area (Å²) in [5.74, 6) is 0.970. The number of hydrogen-bond acceptors (Lipinski definition) is 1. The zero-order valence-corrected chi connectivity index (χ0v) is 28.4. The second-order valence-corrected chi connectivity index (χ2v) is 19.5. The molecule has 7 rings (SSSR count). The van der Waals surface area contributed by atoms with E-state index in [1.807, 2.05) is 6.20 Å². The van der Waals surface area contributed by atoms with E-state index < -0.39 is 8.07 Å². The maximum absolute atomic E-state index is 4.98. The van der Waals surface area contributed by atoms with Gasteiger partial charge in [0.05, 0.1) is 25.8 Å². The summed E-state index contributed by atoms with van der Waals surface area (Å²) in [5, 5.41) is 1.59. The molecule has 0 bridgehead atoms. The first-order valence-electron chi connectivity index (χ1n) is 16.6. The van der Waals surface area contributed by atoms with Crippen molar-refractivity contribution in [2.75, 3.05) is 0 Å². The fourth-order valence-corrected chi connectivity index (χ4v) is 9.38. The lowest BCUT2D eigenvalue weighted by Crippen LogP contribution is -2.54. The highest BCUT2D eigenvalue weighted by molar-refractivity contribution is 6.89. The molecular weight excluding hydrogens is 563 g/mol. The van der Waals surface area contributed by atoms with E-state index in [4.69, 9.17) is 11.6 Å². The number of fused-ring (bicyclic) bond motifs is 9. The largest absolute Gasteiger partial charge is 0.260 e. The van der Waals surface area contributed by atoms with Crippen molar-refractivity contribution in [2.45, 2.75) is 71.1 Å². The molecule has 5 heterocycles. The van der Waals surface area contributed by atoms with E-state index in [-0.39, 0.29) is 6.04 Å². The molecule has 0 radical (unpaired) electrons. The Labute approximate surface area is 270 Å². The van der Waals surface area contributed by atoms with Crippen LogP contribution in [0.4, 0.5) is 0 Å². The Morgan fingerprint density at radius 2 is 1.60 bits per heavy atom. The van der Waals surface area contributed by atoms with Gasteiger partial charge < -0.3 is 0 Å². The smallest absolute Gasteiger partial charge is 0.219 e. The van der Waals surface area contributed by atoms with Gasteiger partial charge >= 0.3 is 0 Å². The molecule has 0 fully saturated rings. The molecular formula is C41H45N3Si+2. The lowest BCUT2D eigenvalue weighted by atomic mass is 9.77. The molecule has 5 aromatic rings. The molecule has 0 N–H and O–H groups in total. The predicted molar refractivity (Wildman–Crippen MR) is 189 cm³/mol. The van der Waals surface area contributed by atoms with Gasteiger partial charge in [0.25, 0.3) is 0 Å². The highest BCUT2D eigenvalue weighted by atomic mass is 28.3. The van der Waals surface area contributed by atoms with E-state index in [2.05, 4.69) is 140 Å². The average Bonchev–Trinajstić information content (AvgIpc) is 3.03. The molecule has 4 heteroatoms. The highest BCUT2D eigenvalue weighted by Gasteiger charge is 2.44. The Bertz CT molecular complexity index is 1900. The second kappa shape index (κ2) is 11.6. The zero-order chi connectivity index (χ0) is 31.3. The summed E-state index contributed by atoms with van der Waals surface area (Å²) < 4.78 is 5.02. The Morgan fingerprint density at radius 3 is 2.38 bits per heavy atom. The molecule has 0 amide bonds. The van der Waals surface area contributed by atoms with Crippen LogP contribution in [0.2, 0.25) is 19.6 Å². The lowest BCUT2D eigenvalue weighted by molar-refractivity contribution is -0.719. The van der Waals surface area contributed by atoms with Crippen molar-refractivity contribution in [3.63, 3.8) is 0 Å². The van der Waals surface area contributed by atoms with Crippen LogP contribution >= 0.6 is 0 Å². The quantitative estimate of drug-likeness (QED) is 0.148. The van der Waals surface area contributed by atoms with Crippen molar-refractivity contribution in [3.8, 4) is 33.6 Å². The third kappa shape index (κ3) is 5.50. The minimum atomic E-state index is -1.62. The van der Waals surface area contributed by atoms with Crippen LogP contribution in [-0.2, 0) is 12.8 Å². The van der Waals surface area contributed by atoms with Crippen LogP contribution < -0.4 is 14.3 Å². The maximum atomic E-state index is 4.98. The standard InChI is InChI=1S/C41H45N3Si/c1-28(2)23-32-25-40-34-16-11-10-15-33(34)35-19-20-37-36(17-12-22-42-37)38-21-18-31(30-13-8-7-9-14-30)26-43(38)29(3)24-39(35)44(40)27-41(32)45(4,5)6/h7-18,21-22,25-28,35,39H,3,19-20,23-24H2,1-2,4-6H3/q+2. The van der Waals surface area contributed by atoms with Crippen molar-refractivity contribution in [1.82, 2.24) is 4.98 Å². The van der Waals surface area contributed by atoms with Gasteiger partial charge in [-0.25, -0.2) is 0 Å². The molecule has 226 valence electrons. The molecule has 3 nitrogen and oxygen atoms in total. The van der Waals surface area contributed by atoms with Crippen LogP contribution in [-0.4, -0.2) is 13.1 Å². The molecule has 0 saturated heterocycles. The van der Waals surface area contributed by atoms with Crippen molar-refractivity contribution in [2.24, 2.45) is 5.92 Å². The Balaban J connectivity index is 1.44. The van der Waals surface area contributed by atoms with Crippen LogP contribution in [0.3, 0.4) is 0 Å². The van der Waals surface area contributed by atoms with Gasteiger partial charge in [-0.05, 0) is 72.7 Å². The molecule has 2 aliphatic rings. The lowest BCUT2D eigenvalue weighted by Gasteiger charge is -2.33. The van der Waals surface area contributed by atoms with Gasteiger partial charge in [0.1, 0.15) is 0 Å². The summed E-state index contributed by atoms with van der Waals surface area (Å²) in [6.07, 6.45) is 10.8. The highest BCUT2D eigenvalue weighted by Crippen LogP contribution is 2.44. The third-order valence-electron chi connectivity index (χ3n) is 9.80. The Hall–Kier alpha value is -4.15. The third-order valence-corrected chi connectivity index (χ3v) is 11.9. The molecule has 2 aromatic carbocycles. The number of pyridine rings is 3. The number of allylic oxidation sites excluding steroid dienone is 1. The number of aromatic nitrogens is 3. The predicted octanol–water partition coefficient (Wildman–Crippen LogP) is 8.55. The summed E-state index contributed by atoms with van der Waals surface area (Å²) in [4.78, 5) is 4.98. The van der Waals surface area contributed by atoms with E-state index in [0.29, 0.717) is 11.8 Å². The second-order valence-electron chi connectivity index (χ2n) is 14.5. The summed E-state index contributed by atoms with van der Waals surface area (Å²) in [7, 11) is -1.62. The molecule has 2 aliphatic heterocycles. The van der Waals surface area contributed by atoms with Crippen LogP contribution in [0.1, 0.15) is 55.5 Å². The summed E-state index contributed by atoms with van der Waals surface area (Å²) >= 11 is 0. The number of rotatable bonds is 4. The van der Waals surface area contributed by atoms with Crippen molar-refractivity contribution in [3.05, 3.63) is 127 Å². The molecule has 2 atom stereocenters. The fourth-order valence-electron chi connectivity index (χ4n) is 7.71. The van der Waals surface area contributed by atoms with Crippen LogP contribution in [0.25, 0.3) is 39.3 Å². The van der Waals surface area contributed by atoms with Gasteiger partial charge in [0, 0.05) is 40.6 Å². The summed E-state index contributed by atoms with van der Waals surface area (Å²) in [5.41, 5.74) is 12.8. The van der Waals surface area contributed by atoms with E-state index in [1.165, 1.54) is 39.1 Å². The van der Waals surface area contributed by atoms with Crippen LogP contribution in [0.5, 0.6) is 0 Å². The van der Waals surface area contributed by atoms with Gasteiger partial charge in [0.15, 0.2) is 24.1 Å². The van der Waals surface area contributed by atoms with Gasteiger partial charge in [-0.3, -0.25) is 4.98 Å². The summed E-state index contributed by atoms with van der Waals surface area (Å²) in [6.45, 7) is 17.0. The number of nitrogens with zero attached hydrogens (tertiary/aromatic N) is 3. The van der Waals surface area contributed by atoms with Crippen LogP contribution in [0.15, 0.2) is 110 Å². The molecule has 0 saturated carbocycles. The minimum absolute atomic E-state index is 0.261. The first-order valence-corrected chi connectivity index (χ1v) is 20.1. The molecule has 2 unspecified atom stereocenters. The van der Waals surface area contributed by atoms with Crippen molar-refractivity contribution < 1.29 is 9.13 Å². The molecule has 0 spiro atoms. The fraction of sp³-hybridized carbons (Fsp3) is 0.293. The number of benzene rings is 2. The van der Waals surface area contributed by atoms with Crippen molar-refractivity contribution >= 4 is 19.0 Å². The van der Waals surface area contributed by atoms with Gasteiger partial charge in [-0.1, -0.05) is 82.0 Å². The minimum Gasteiger partial charge on any atom is -0.260 e. The SMILES string of the molecule is C=C1CC2C(CCc3ncccc3-c3ccc(-c4ccccc4)c[n+]31)c1ccccc1-c1cc(CC(C)C)c([Si](C)(C)C)c[n+]12. The first-order chi connectivity index (χ1) is 21.7.